The molecule has 0 aliphatic carbocycles. The van der Waals surface area contributed by atoms with Crippen molar-refractivity contribution in [3.05, 3.63) is 65.2 Å². The van der Waals surface area contributed by atoms with E-state index >= 15 is 0 Å². The molecular formula is C23H30N2O4S. The second kappa shape index (κ2) is 10.1. The Balaban J connectivity index is 1.51. The Hall–Kier alpha value is -2.38. The third kappa shape index (κ3) is 6.31. The van der Waals surface area contributed by atoms with Gasteiger partial charge >= 0.3 is 0 Å². The number of amides is 1. The van der Waals surface area contributed by atoms with Crippen LogP contribution in [-0.4, -0.2) is 44.4 Å². The summed E-state index contributed by atoms with van der Waals surface area (Å²) in [6.45, 7) is 5.46. The minimum Gasteiger partial charge on any atom is -0.491 e. The molecule has 1 aliphatic rings. The van der Waals surface area contributed by atoms with Crippen LogP contribution in [0.4, 0.5) is 0 Å². The molecule has 1 atom stereocenters. The number of sulfonamides is 1. The van der Waals surface area contributed by atoms with Gasteiger partial charge in [0.1, 0.15) is 12.4 Å². The maximum atomic E-state index is 12.6. The molecule has 1 N–H and O–H groups in total. The van der Waals surface area contributed by atoms with Gasteiger partial charge in [0.25, 0.3) is 5.91 Å². The molecule has 6 nitrogen and oxygen atoms in total. The van der Waals surface area contributed by atoms with E-state index in [-0.39, 0.29) is 17.7 Å². The van der Waals surface area contributed by atoms with E-state index in [0.717, 1.165) is 30.6 Å². The number of carbonyl (C=O) groups is 1. The van der Waals surface area contributed by atoms with Crippen molar-refractivity contribution in [2.24, 2.45) is 0 Å². The zero-order valence-corrected chi connectivity index (χ0v) is 18.5. The van der Waals surface area contributed by atoms with E-state index in [4.69, 9.17) is 4.74 Å². The number of hydrogen-bond acceptors (Lipinski definition) is 4. The quantitative estimate of drug-likeness (QED) is 0.695. The highest BCUT2D eigenvalue weighted by molar-refractivity contribution is 7.88. The number of rotatable bonds is 8. The zero-order valence-electron chi connectivity index (χ0n) is 17.6. The van der Waals surface area contributed by atoms with Gasteiger partial charge in [0, 0.05) is 18.7 Å². The number of piperidine rings is 1. The van der Waals surface area contributed by atoms with Crippen LogP contribution in [0, 0.1) is 6.92 Å². The van der Waals surface area contributed by atoms with E-state index in [9.17, 15) is 13.2 Å². The molecule has 1 heterocycles. The van der Waals surface area contributed by atoms with E-state index < -0.39 is 10.0 Å². The van der Waals surface area contributed by atoms with Crippen LogP contribution in [0.2, 0.25) is 0 Å². The van der Waals surface area contributed by atoms with Gasteiger partial charge in [0.15, 0.2) is 0 Å². The number of nitrogens with one attached hydrogen (secondary N) is 1. The second-order valence-electron chi connectivity index (χ2n) is 7.91. The summed E-state index contributed by atoms with van der Waals surface area (Å²) in [6, 6.07) is 14.4. The predicted molar refractivity (Wildman–Crippen MR) is 118 cm³/mol. The number of carbonyl (C=O) groups excluding carboxylic acids is 1. The predicted octanol–water partition coefficient (Wildman–Crippen LogP) is 3.51. The third-order valence-corrected chi connectivity index (χ3v) is 7.02. The molecule has 1 amide bonds. The van der Waals surface area contributed by atoms with Gasteiger partial charge in [0.05, 0.1) is 11.8 Å². The smallest absolute Gasteiger partial charge is 0.251 e. The van der Waals surface area contributed by atoms with Crippen LogP contribution >= 0.6 is 0 Å². The molecule has 0 radical (unpaired) electrons. The highest BCUT2D eigenvalue weighted by atomic mass is 32.2. The monoisotopic (exact) mass is 430 g/mol. The van der Waals surface area contributed by atoms with Gasteiger partial charge in [-0.25, -0.2) is 12.7 Å². The fourth-order valence-electron chi connectivity index (χ4n) is 3.40. The average Bonchev–Trinajstić information content (AvgIpc) is 2.74. The van der Waals surface area contributed by atoms with Gasteiger partial charge in [-0.3, -0.25) is 4.79 Å². The Bertz CT molecular complexity index is 934. The molecule has 1 saturated heterocycles. The lowest BCUT2D eigenvalue weighted by Crippen LogP contribution is -2.37. The maximum absolute atomic E-state index is 12.6. The van der Waals surface area contributed by atoms with E-state index in [1.54, 1.807) is 28.6 Å². The Morgan fingerprint density at radius 3 is 2.30 bits per heavy atom. The largest absolute Gasteiger partial charge is 0.491 e. The third-order valence-electron chi connectivity index (χ3n) is 5.17. The number of aryl methyl sites for hydroxylation is 1. The van der Waals surface area contributed by atoms with Crippen molar-refractivity contribution in [1.29, 1.82) is 0 Å². The first-order valence-corrected chi connectivity index (χ1v) is 12.0. The summed E-state index contributed by atoms with van der Waals surface area (Å²) in [6.07, 6.45) is 2.93. The molecule has 2 aromatic rings. The lowest BCUT2D eigenvalue weighted by Gasteiger charge is -2.25. The molecule has 1 aliphatic heterocycles. The van der Waals surface area contributed by atoms with Gasteiger partial charge in [-0.05, 0) is 56.5 Å². The van der Waals surface area contributed by atoms with Crippen molar-refractivity contribution >= 4 is 15.9 Å². The Labute approximate surface area is 179 Å². The van der Waals surface area contributed by atoms with Crippen LogP contribution in [-0.2, 0) is 15.8 Å². The molecule has 1 fully saturated rings. The van der Waals surface area contributed by atoms with Crippen LogP contribution in [0.5, 0.6) is 5.75 Å². The molecule has 0 bridgehead atoms. The minimum absolute atomic E-state index is 0.0321. The molecule has 0 aromatic heterocycles. The van der Waals surface area contributed by atoms with E-state index in [2.05, 4.69) is 5.32 Å². The van der Waals surface area contributed by atoms with Gasteiger partial charge in [-0.15, -0.1) is 0 Å². The number of nitrogens with zero attached hydrogens (tertiary/aromatic N) is 1. The first-order valence-electron chi connectivity index (χ1n) is 10.4. The molecule has 30 heavy (non-hydrogen) atoms. The zero-order chi connectivity index (χ0) is 21.6. The van der Waals surface area contributed by atoms with Crippen molar-refractivity contribution in [1.82, 2.24) is 9.62 Å². The van der Waals surface area contributed by atoms with Crippen molar-refractivity contribution in [3.63, 3.8) is 0 Å². The summed E-state index contributed by atoms with van der Waals surface area (Å²) in [5.74, 6) is 0.525. The molecule has 0 unspecified atom stereocenters. The van der Waals surface area contributed by atoms with E-state index in [1.165, 1.54) is 0 Å². The van der Waals surface area contributed by atoms with Crippen molar-refractivity contribution < 1.29 is 17.9 Å². The minimum atomic E-state index is -3.31. The topological polar surface area (TPSA) is 75.7 Å². The summed E-state index contributed by atoms with van der Waals surface area (Å²) < 4.78 is 32.4. The summed E-state index contributed by atoms with van der Waals surface area (Å²) in [4.78, 5) is 12.5. The standard InChI is InChI=1S/C23H30N2O4S/c1-18-6-12-22(13-7-18)29-16-19(2)24-23(26)21-10-8-20(9-11-21)17-30(27,28)25-14-4-3-5-15-25/h6-13,19H,3-5,14-17H2,1-2H3,(H,24,26)/t19-/m0/s1. The van der Waals surface area contributed by atoms with Gasteiger partial charge in [0.2, 0.25) is 10.0 Å². The van der Waals surface area contributed by atoms with Crippen LogP contribution in [0.1, 0.15) is 47.7 Å². The first kappa shape index (κ1) is 22.3. The van der Waals surface area contributed by atoms with Crippen molar-refractivity contribution in [2.45, 2.75) is 44.9 Å². The van der Waals surface area contributed by atoms with Crippen molar-refractivity contribution in [2.75, 3.05) is 19.7 Å². The second-order valence-corrected chi connectivity index (χ2v) is 9.88. The van der Waals surface area contributed by atoms with Gasteiger partial charge in [-0.2, -0.15) is 0 Å². The first-order chi connectivity index (χ1) is 14.3. The van der Waals surface area contributed by atoms with Crippen molar-refractivity contribution in [3.8, 4) is 5.75 Å². The highest BCUT2D eigenvalue weighted by Crippen LogP contribution is 2.17. The molecule has 0 spiro atoms. The van der Waals surface area contributed by atoms with Gasteiger partial charge in [-0.1, -0.05) is 36.2 Å². The van der Waals surface area contributed by atoms with E-state index in [0.29, 0.717) is 30.8 Å². The van der Waals surface area contributed by atoms with Gasteiger partial charge < -0.3 is 10.1 Å². The molecule has 162 valence electrons. The lowest BCUT2D eigenvalue weighted by atomic mass is 10.1. The fourth-order valence-corrected chi connectivity index (χ4v) is 5.01. The fraction of sp³-hybridized carbons (Fsp3) is 0.435. The Morgan fingerprint density at radius 2 is 1.67 bits per heavy atom. The highest BCUT2D eigenvalue weighted by Gasteiger charge is 2.24. The molecular weight excluding hydrogens is 400 g/mol. The number of benzene rings is 2. The molecule has 2 aromatic carbocycles. The molecule has 0 saturated carbocycles. The Kier molecular flexibility index (Phi) is 7.50. The summed E-state index contributed by atoms with van der Waals surface area (Å²) in [7, 11) is -3.31. The average molecular weight is 431 g/mol. The summed E-state index contributed by atoms with van der Waals surface area (Å²) in [5, 5.41) is 2.91. The molecule has 7 heteroatoms. The number of hydrogen-bond donors (Lipinski definition) is 1. The number of ether oxygens (including phenoxy) is 1. The normalized spacial score (nSPS) is 16.1. The van der Waals surface area contributed by atoms with Crippen LogP contribution in [0.15, 0.2) is 48.5 Å². The van der Waals surface area contributed by atoms with Crippen LogP contribution in [0.25, 0.3) is 0 Å². The SMILES string of the molecule is Cc1ccc(OC[C@H](C)NC(=O)c2ccc(CS(=O)(=O)N3CCCCC3)cc2)cc1. The van der Waals surface area contributed by atoms with Crippen LogP contribution < -0.4 is 10.1 Å². The Morgan fingerprint density at radius 1 is 1.03 bits per heavy atom. The summed E-state index contributed by atoms with van der Waals surface area (Å²) in [5.41, 5.74) is 2.35. The maximum Gasteiger partial charge on any atom is 0.251 e. The van der Waals surface area contributed by atoms with Crippen LogP contribution in [0.3, 0.4) is 0 Å². The summed E-state index contributed by atoms with van der Waals surface area (Å²) >= 11 is 0. The lowest BCUT2D eigenvalue weighted by molar-refractivity contribution is 0.0926. The van der Waals surface area contributed by atoms with E-state index in [1.807, 2.05) is 38.1 Å². The molecule has 3 rings (SSSR count).